The predicted molar refractivity (Wildman–Crippen MR) is 87.3 cm³/mol. The topological polar surface area (TPSA) is 108 Å². The van der Waals surface area contributed by atoms with Gasteiger partial charge in [-0.1, -0.05) is 12.1 Å². The molecule has 0 unspecified atom stereocenters. The van der Waals surface area contributed by atoms with E-state index in [-0.39, 0.29) is 23.7 Å². The molecule has 0 spiro atoms. The van der Waals surface area contributed by atoms with Crippen molar-refractivity contribution in [1.29, 1.82) is 0 Å². The summed E-state index contributed by atoms with van der Waals surface area (Å²) in [6.07, 6.45) is 1.01. The molecular formula is C17H17NO7. The van der Waals surface area contributed by atoms with Gasteiger partial charge in [-0.05, 0) is 48.7 Å². The molecule has 2 rings (SSSR count). The summed E-state index contributed by atoms with van der Waals surface area (Å²) in [6.45, 7) is 0.00428. The van der Waals surface area contributed by atoms with E-state index in [0.29, 0.717) is 18.6 Å². The van der Waals surface area contributed by atoms with Gasteiger partial charge in [0, 0.05) is 0 Å². The van der Waals surface area contributed by atoms with Crippen molar-refractivity contribution in [3.63, 3.8) is 0 Å². The fourth-order valence-corrected chi connectivity index (χ4v) is 2.15. The first-order valence-electron chi connectivity index (χ1n) is 7.45. The van der Waals surface area contributed by atoms with Gasteiger partial charge in [0.05, 0.1) is 19.3 Å². The van der Waals surface area contributed by atoms with Crippen LogP contribution in [0.5, 0.6) is 17.2 Å². The summed E-state index contributed by atoms with van der Waals surface area (Å²) in [6, 6.07) is 11.0. The molecule has 8 nitrogen and oxygen atoms in total. The Hall–Kier alpha value is -3.29. The molecule has 0 amide bonds. The van der Waals surface area contributed by atoms with E-state index >= 15 is 0 Å². The molecule has 25 heavy (non-hydrogen) atoms. The first kappa shape index (κ1) is 18.1. The standard InChI is InChI=1S/C17H17NO7/c1-23-16-11-13(7-8-15(16)19)17(20)25-14-6-2-4-12(10-14)5-3-9-24-18(21)22/h2,4,6-8,10-11,19H,3,5,9H2,1H3. The lowest BCUT2D eigenvalue weighted by atomic mass is 10.1. The van der Waals surface area contributed by atoms with Gasteiger partial charge in [-0.3, -0.25) is 0 Å². The van der Waals surface area contributed by atoms with Crippen LogP contribution >= 0.6 is 0 Å². The number of carbonyl (C=O) groups is 1. The van der Waals surface area contributed by atoms with Crippen LogP contribution < -0.4 is 9.47 Å². The van der Waals surface area contributed by atoms with Crippen LogP contribution in [0.4, 0.5) is 0 Å². The van der Waals surface area contributed by atoms with Crippen molar-refractivity contribution in [3.8, 4) is 17.2 Å². The third kappa shape index (κ3) is 5.38. The maximum atomic E-state index is 12.2. The Kier molecular flexibility index (Phi) is 6.16. The maximum Gasteiger partial charge on any atom is 0.343 e. The second-order valence-electron chi connectivity index (χ2n) is 5.08. The van der Waals surface area contributed by atoms with Crippen molar-refractivity contribution >= 4 is 5.97 Å². The Morgan fingerprint density at radius 1 is 1.24 bits per heavy atom. The number of phenols is 1. The van der Waals surface area contributed by atoms with Gasteiger partial charge in [-0.25, -0.2) is 4.79 Å². The molecule has 0 saturated heterocycles. The van der Waals surface area contributed by atoms with Gasteiger partial charge >= 0.3 is 5.97 Å². The average molecular weight is 347 g/mol. The van der Waals surface area contributed by atoms with Crippen LogP contribution in [0.2, 0.25) is 0 Å². The Balaban J connectivity index is 1.99. The normalized spacial score (nSPS) is 10.1. The number of carbonyl (C=O) groups excluding carboxylic acids is 1. The van der Waals surface area contributed by atoms with Crippen molar-refractivity contribution in [3.05, 3.63) is 63.7 Å². The van der Waals surface area contributed by atoms with Gasteiger partial charge in [-0.15, -0.1) is 10.1 Å². The third-order valence-corrected chi connectivity index (χ3v) is 3.33. The molecule has 0 fully saturated rings. The molecule has 0 atom stereocenters. The lowest BCUT2D eigenvalue weighted by Crippen LogP contribution is -2.09. The van der Waals surface area contributed by atoms with Crippen LogP contribution in [0.15, 0.2) is 42.5 Å². The van der Waals surface area contributed by atoms with Gasteiger partial charge in [0.25, 0.3) is 5.09 Å². The van der Waals surface area contributed by atoms with Crippen LogP contribution in [-0.2, 0) is 11.3 Å². The zero-order chi connectivity index (χ0) is 18.2. The van der Waals surface area contributed by atoms with Crippen molar-refractivity contribution < 1.29 is 29.3 Å². The summed E-state index contributed by atoms with van der Waals surface area (Å²) < 4.78 is 10.3. The number of hydrogen-bond donors (Lipinski definition) is 1. The molecule has 2 aromatic carbocycles. The molecule has 0 bridgehead atoms. The smallest absolute Gasteiger partial charge is 0.343 e. The second-order valence-corrected chi connectivity index (χ2v) is 5.08. The molecular weight excluding hydrogens is 330 g/mol. The molecule has 0 radical (unpaired) electrons. The first-order chi connectivity index (χ1) is 12.0. The highest BCUT2D eigenvalue weighted by Crippen LogP contribution is 2.27. The van der Waals surface area contributed by atoms with E-state index < -0.39 is 11.1 Å². The largest absolute Gasteiger partial charge is 0.504 e. The van der Waals surface area contributed by atoms with Gasteiger partial charge in [0.15, 0.2) is 11.5 Å². The van der Waals surface area contributed by atoms with Gasteiger partial charge in [-0.2, -0.15) is 0 Å². The van der Waals surface area contributed by atoms with Crippen LogP contribution in [0, 0.1) is 10.1 Å². The fourth-order valence-electron chi connectivity index (χ4n) is 2.15. The highest BCUT2D eigenvalue weighted by Gasteiger charge is 2.12. The molecule has 0 aliphatic rings. The number of phenolic OH excluding ortho intramolecular Hbond substituents is 1. The fraction of sp³-hybridized carbons (Fsp3) is 0.235. The highest BCUT2D eigenvalue weighted by molar-refractivity contribution is 5.91. The van der Waals surface area contributed by atoms with Crippen LogP contribution in [0.3, 0.4) is 0 Å². The third-order valence-electron chi connectivity index (χ3n) is 3.33. The number of benzene rings is 2. The summed E-state index contributed by atoms with van der Waals surface area (Å²) >= 11 is 0. The molecule has 132 valence electrons. The Morgan fingerprint density at radius 3 is 2.76 bits per heavy atom. The van der Waals surface area contributed by atoms with E-state index in [1.165, 1.54) is 25.3 Å². The molecule has 0 aliphatic heterocycles. The number of aromatic hydroxyl groups is 1. The number of rotatable bonds is 8. The minimum absolute atomic E-state index is 0.00428. The minimum Gasteiger partial charge on any atom is -0.504 e. The second kappa shape index (κ2) is 8.53. The highest BCUT2D eigenvalue weighted by atomic mass is 16.9. The number of hydrogen-bond acceptors (Lipinski definition) is 7. The molecule has 0 aliphatic carbocycles. The zero-order valence-corrected chi connectivity index (χ0v) is 13.5. The number of ether oxygens (including phenoxy) is 2. The lowest BCUT2D eigenvalue weighted by Gasteiger charge is -2.08. The van der Waals surface area contributed by atoms with Crippen molar-refractivity contribution in [2.45, 2.75) is 12.8 Å². The van der Waals surface area contributed by atoms with Gasteiger partial charge in [0.1, 0.15) is 5.75 Å². The summed E-state index contributed by atoms with van der Waals surface area (Å²) in [7, 11) is 1.39. The SMILES string of the molecule is COc1cc(C(=O)Oc2cccc(CCCO[N+](=O)[O-])c2)ccc1O. The summed E-state index contributed by atoms with van der Waals surface area (Å²) in [4.78, 5) is 26.5. The number of nitrogens with zero attached hydrogens (tertiary/aromatic N) is 1. The maximum absolute atomic E-state index is 12.2. The molecule has 0 aromatic heterocycles. The summed E-state index contributed by atoms with van der Waals surface area (Å²) in [5.41, 5.74) is 1.10. The number of aryl methyl sites for hydroxylation is 1. The van der Waals surface area contributed by atoms with Crippen molar-refractivity contribution in [2.75, 3.05) is 13.7 Å². The Bertz CT molecular complexity index is 760. The van der Waals surface area contributed by atoms with Crippen molar-refractivity contribution in [2.24, 2.45) is 0 Å². The van der Waals surface area contributed by atoms with Crippen molar-refractivity contribution in [1.82, 2.24) is 0 Å². The van der Waals surface area contributed by atoms with Crippen LogP contribution in [0.25, 0.3) is 0 Å². The van der Waals surface area contributed by atoms with E-state index in [1.54, 1.807) is 18.2 Å². The van der Waals surface area contributed by atoms with Gasteiger partial charge < -0.3 is 19.4 Å². The van der Waals surface area contributed by atoms with Gasteiger partial charge in [0.2, 0.25) is 0 Å². The quantitative estimate of drug-likeness (QED) is 0.257. The van der Waals surface area contributed by atoms with E-state index in [0.717, 1.165) is 5.56 Å². The minimum atomic E-state index is -0.829. The molecule has 0 saturated carbocycles. The molecule has 0 heterocycles. The monoisotopic (exact) mass is 347 g/mol. The van der Waals surface area contributed by atoms with E-state index in [2.05, 4.69) is 4.84 Å². The number of methoxy groups -OCH3 is 1. The van der Waals surface area contributed by atoms with E-state index in [9.17, 15) is 20.0 Å². The predicted octanol–water partition coefficient (Wildman–Crippen LogP) is 2.76. The number of esters is 1. The molecule has 1 N–H and O–H groups in total. The van der Waals surface area contributed by atoms with E-state index in [1.807, 2.05) is 6.07 Å². The molecule has 8 heteroatoms. The summed E-state index contributed by atoms with van der Waals surface area (Å²) in [5.74, 6) is -0.135. The van der Waals surface area contributed by atoms with Crippen LogP contribution in [-0.4, -0.2) is 29.9 Å². The van der Waals surface area contributed by atoms with E-state index in [4.69, 9.17) is 9.47 Å². The zero-order valence-electron chi connectivity index (χ0n) is 13.5. The average Bonchev–Trinajstić information content (AvgIpc) is 2.59. The molecule has 2 aromatic rings. The summed E-state index contributed by atoms with van der Waals surface area (Å²) in [5, 5.41) is 18.8. The van der Waals surface area contributed by atoms with Crippen LogP contribution in [0.1, 0.15) is 22.3 Å². The Labute approximate surface area is 143 Å². The first-order valence-corrected chi connectivity index (χ1v) is 7.45. The lowest BCUT2D eigenvalue weighted by molar-refractivity contribution is -0.757. The Morgan fingerprint density at radius 2 is 2.04 bits per heavy atom.